The summed E-state index contributed by atoms with van der Waals surface area (Å²) in [6.45, 7) is 2.93. The van der Waals surface area contributed by atoms with E-state index in [1.54, 1.807) is 6.92 Å². The van der Waals surface area contributed by atoms with Crippen LogP contribution in [0.5, 0.6) is 0 Å². The molecule has 0 aromatic carbocycles. The number of amides is 1. The maximum atomic E-state index is 12.3. The van der Waals surface area contributed by atoms with E-state index in [9.17, 15) is 9.59 Å². The van der Waals surface area contributed by atoms with Crippen LogP contribution in [-0.4, -0.2) is 62.3 Å². The first-order chi connectivity index (χ1) is 8.61. The number of carboxylic acid groups (broad SMARTS) is 1. The van der Waals surface area contributed by atoms with E-state index in [-0.39, 0.29) is 12.5 Å². The van der Waals surface area contributed by atoms with Crippen LogP contribution in [-0.2, 0) is 9.59 Å². The molecule has 1 aliphatic rings. The lowest BCUT2D eigenvalue weighted by molar-refractivity contribution is -0.152. The molecular formula is C10H15N5O3. The fraction of sp³-hybridized carbons (Fsp3) is 0.600. The van der Waals surface area contributed by atoms with Gasteiger partial charge >= 0.3 is 5.97 Å². The van der Waals surface area contributed by atoms with Crippen LogP contribution in [0.3, 0.4) is 0 Å². The molecule has 0 saturated carbocycles. The van der Waals surface area contributed by atoms with E-state index in [1.165, 1.54) is 22.2 Å². The monoisotopic (exact) mass is 253 g/mol. The van der Waals surface area contributed by atoms with Crippen LogP contribution in [0.25, 0.3) is 0 Å². The van der Waals surface area contributed by atoms with Gasteiger partial charge in [-0.3, -0.25) is 4.79 Å². The normalized spacial score (nSPS) is 21.6. The van der Waals surface area contributed by atoms with Crippen LogP contribution in [0.4, 0.5) is 0 Å². The van der Waals surface area contributed by atoms with Crippen molar-refractivity contribution in [2.24, 2.45) is 0 Å². The predicted octanol–water partition coefficient (Wildman–Crippen LogP) is -1.28. The van der Waals surface area contributed by atoms with Gasteiger partial charge in [-0.1, -0.05) is 0 Å². The molecule has 98 valence electrons. The molecule has 1 aliphatic heterocycles. The number of hydrogen-bond donors (Lipinski definition) is 2. The summed E-state index contributed by atoms with van der Waals surface area (Å²) in [7, 11) is 0. The number of aromatic nitrogens is 3. The number of carboxylic acids is 1. The topological polar surface area (TPSA) is 100 Å². The fourth-order valence-electron chi connectivity index (χ4n) is 1.96. The Balaban J connectivity index is 2.13. The molecule has 0 aliphatic carbocycles. The molecule has 2 rings (SSSR count). The number of aliphatic carboxylic acids is 1. The first-order valence-corrected chi connectivity index (χ1v) is 5.69. The molecular weight excluding hydrogens is 238 g/mol. The second-order valence-corrected chi connectivity index (χ2v) is 4.14. The number of carbonyl (C=O) groups excluding carboxylic acids is 1. The average molecular weight is 253 g/mol. The van der Waals surface area contributed by atoms with Crippen molar-refractivity contribution in [2.75, 3.05) is 19.6 Å². The Morgan fingerprint density at radius 1 is 1.56 bits per heavy atom. The van der Waals surface area contributed by atoms with Gasteiger partial charge in [0.15, 0.2) is 0 Å². The smallest absolute Gasteiger partial charge is 0.327 e. The lowest BCUT2D eigenvalue weighted by Crippen LogP contribution is -2.58. The van der Waals surface area contributed by atoms with E-state index in [0.717, 1.165) is 0 Å². The molecule has 2 heterocycles. The lowest BCUT2D eigenvalue weighted by atomic mass is 10.1. The van der Waals surface area contributed by atoms with Crippen molar-refractivity contribution in [3.63, 3.8) is 0 Å². The highest BCUT2D eigenvalue weighted by Gasteiger charge is 2.34. The molecule has 2 atom stereocenters. The van der Waals surface area contributed by atoms with Gasteiger partial charge in [0.25, 0.3) is 0 Å². The Morgan fingerprint density at radius 3 is 2.94 bits per heavy atom. The average Bonchev–Trinajstić information content (AvgIpc) is 2.90. The molecule has 0 bridgehead atoms. The van der Waals surface area contributed by atoms with Crippen LogP contribution >= 0.6 is 0 Å². The predicted molar refractivity (Wildman–Crippen MR) is 60.7 cm³/mol. The van der Waals surface area contributed by atoms with Gasteiger partial charge < -0.3 is 15.3 Å². The molecule has 1 fully saturated rings. The Morgan fingerprint density at radius 2 is 2.33 bits per heavy atom. The van der Waals surface area contributed by atoms with Gasteiger partial charge in [-0.25, -0.2) is 14.5 Å². The zero-order valence-electron chi connectivity index (χ0n) is 9.98. The number of hydrogen-bond acceptors (Lipinski definition) is 5. The first kappa shape index (κ1) is 12.5. The Labute approximate surface area is 104 Å². The molecule has 1 aromatic rings. The van der Waals surface area contributed by atoms with Crippen molar-refractivity contribution in [1.82, 2.24) is 25.0 Å². The molecule has 2 unspecified atom stereocenters. The fourth-order valence-corrected chi connectivity index (χ4v) is 1.96. The SMILES string of the molecule is CC(C(=O)N1CCNCC1C(=O)O)n1cncn1. The van der Waals surface area contributed by atoms with Crippen LogP contribution < -0.4 is 5.32 Å². The van der Waals surface area contributed by atoms with Crippen molar-refractivity contribution in [2.45, 2.75) is 19.0 Å². The van der Waals surface area contributed by atoms with Crippen molar-refractivity contribution in [3.8, 4) is 0 Å². The van der Waals surface area contributed by atoms with Gasteiger partial charge in [-0.2, -0.15) is 5.10 Å². The van der Waals surface area contributed by atoms with Crippen LogP contribution in [0, 0.1) is 0 Å². The van der Waals surface area contributed by atoms with Gasteiger partial charge in [0, 0.05) is 19.6 Å². The number of rotatable bonds is 3. The molecule has 8 nitrogen and oxygen atoms in total. The Hall–Kier alpha value is -1.96. The highest BCUT2D eigenvalue weighted by Crippen LogP contribution is 2.12. The second kappa shape index (κ2) is 5.13. The molecule has 8 heteroatoms. The summed E-state index contributed by atoms with van der Waals surface area (Å²) in [4.78, 5) is 28.5. The van der Waals surface area contributed by atoms with Crippen LogP contribution in [0.1, 0.15) is 13.0 Å². The maximum Gasteiger partial charge on any atom is 0.327 e. The number of piperazine rings is 1. The van der Waals surface area contributed by atoms with Crippen LogP contribution in [0.2, 0.25) is 0 Å². The highest BCUT2D eigenvalue weighted by atomic mass is 16.4. The summed E-state index contributed by atoms with van der Waals surface area (Å²) >= 11 is 0. The maximum absolute atomic E-state index is 12.3. The highest BCUT2D eigenvalue weighted by molar-refractivity contribution is 5.86. The third-order valence-corrected chi connectivity index (χ3v) is 3.00. The van der Waals surface area contributed by atoms with E-state index in [2.05, 4.69) is 15.4 Å². The third kappa shape index (κ3) is 2.33. The standard InChI is InChI=1S/C10H15N5O3/c1-7(15-6-12-5-13-15)9(16)14-3-2-11-4-8(14)10(17)18/h5-8,11H,2-4H2,1H3,(H,17,18). The van der Waals surface area contributed by atoms with E-state index in [4.69, 9.17) is 5.11 Å². The first-order valence-electron chi connectivity index (χ1n) is 5.69. The Bertz CT molecular complexity index is 433. The zero-order chi connectivity index (χ0) is 13.1. The van der Waals surface area contributed by atoms with E-state index in [1.807, 2.05) is 0 Å². The molecule has 18 heavy (non-hydrogen) atoms. The molecule has 1 aromatic heterocycles. The summed E-state index contributed by atoms with van der Waals surface area (Å²) in [6, 6.07) is -1.37. The second-order valence-electron chi connectivity index (χ2n) is 4.14. The number of nitrogens with zero attached hydrogens (tertiary/aromatic N) is 4. The van der Waals surface area contributed by atoms with Gasteiger partial charge in [0.05, 0.1) is 0 Å². The van der Waals surface area contributed by atoms with Gasteiger partial charge in [-0.15, -0.1) is 0 Å². The van der Waals surface area contributed by atoms with Gasteiger partial charge in [0.1, 0.15) is 24.7 Å². The minimum absolute atomic E-state index is 0.255. The van der Waals surface area contributed by atoms with Crippen LogP contribution in [0.15, 0.2) is 12.7 Å². The number of carbonyl (C=O) groups is 2. The van der Waals surface area contributed by atoms with E-state index >= 15 is 0 Å². The van der Waals surface area contributed by atoms with Crippen molar-refractivity contribution >= 4 is 11.9 Å². The largest absolute Gasteiger partial charge is 0.480 e. The minimum atomic E-state index is -0.999. The summed E-state index contributed by atoms with van der Waals surface area (Å²) in [5.41, 5.74) is 0. The van der Waals surface area contributed by atoms with E-state index in [0.29, 0.717) is 13.1 Å². The van der Waals surface area contributed by atoms with E-state index < -0.39 is 18.1 Å². The number of nitrogens with one attached hydrogen (secondary N) is 1. The molecule has 1 saturated heterocycles. The summed E-state index contributed by atoms with van der Waals surface area (Å²) in [5, 5.41) is 16.0. The van der Waals surface area contributed by atoms with Crippen molar-refractivity contribution < 1.29 is 14.7 Å². The van der Waals surface area contributed by atoms with Crippen molar-refractivity contribution in [3.05, 3.63) is 12.7 Å². The molecule has 2 N–H and O–H groups in total. The quantitative estimate of drug-likeness (QED) is 0.696. The van der Waals surface area contributed by atoms with Gasteiger partial charge in [0.2, 0.25) is 5.91 Å². The minimum Gasteiger partial charge on any atom is -0.480 e. The molecule has 0 radical (unpaired) electrons. The zero-order valence-corrected chi connectivity index (χ0v) is 9.98. The Kier molecular flexibility index (Phi) is 3.56. The summed E-state index contributed by atoms with van der Waals surface area (Å²) in [6.07, 6.45) is 2.79. The molecule has 0 spiro atoms. The summed E-state index contributed by atoms with van der Waals surface area (Å²) in [5.74, 6) is -1.25. The lowest BCUT2D eigenvalue weighted by Gasteiger charge is -2.35. The van der Waals surface area contributed by atoms with Crippen molar-refractivity contribution in [1.29, 1.82) is 0 Å². The molecule has 1 amide bonds. The third-order valence-electron chi connectivity index (χ3n) is 3.00. The summed E-state index contributed by atoms with van der Waals surface area (Å²) < 4.78 is 1.42. The van der Waals surface area contributed by atoms with Gasteiger partial charge in [-0.05, 0) is 6.92 Å².